The number of carboxylic acids is 1. The molecule has 3 heteroatoms. The van der Waals surface area contributed by atoms with Crippen LogP contribution in [0.4, 0.5) is 0 Å². The summed E-state index contributed by atoms with van der Waals surface area (Å²) >= 11 is 0. The van der Waals surface area contributed by atoms with Crippen molar-refractivity contribution in [2.75, 3.05) is 27.7 Å². The van der Waals surface area contributed by atoms with Crippen molar-refractivity contribution in [3.8, 4) is 0 Å². The van der Waals surface area contributed by atoms with E-state index in [1.165, 1.54) is 103 Å². The Hall–Kier alpha value is -0.570. The predicted octanol–water partition coefficient (Wildman–Crippen LogP) is 6.49. The number of hydrogen-bond donors (Lipinski definition) is 0. The van der Waals surface area contributed by atoms with E-state index in [1.54, 1.807) is 0 Å². The molecule has 0 aromatic rings. The molecule has 0 N–H and O–H groups in total. The molecule has 0 saturated heterocycles. The zero-order valence-corrected chi connectivity index (χ0v) is 20.2. The van der Waals surface area contributed by atoms with Gasteiger partial charge in [0.1, 0.15) is 0 Å². The summed E-state index contributed by atoms with van der Waals surface area (Å²) in [4.78, 5) is 10.1. The number of carbonyl (C=O) groups excluding carboxylic acids is 1. The Kier molecular flexibility index (Phi) is 24.0. The highest BCUT2D eigenvalue weighted by atomic mass is 16.4. The van der Waals surface area contributed by atoms with E-state index in [2.05, 4.69) is 35.0 Å². The third kappa shape index (κ3) is 33.0. The molecule has 0 atom stereocenters. The van der Waals surface area contributed by atoms with E-state index in [-0.39, 0.29) is 6.42 Å². The Morgan fingerprint density at radius 1 is 0.571 bits per heavy atom. The standard InChI is InChI=1S/C13H30N.C12H24O2/c1-5-6-7-8-9-10-11-12-13-14(2,3)4;1-2-3-4-5-6-7-8-9-10-11-12(13)14/h5-13H2,1-4H3;2-11H2,1H3,(H,13,14)/q+1;/p-1. The van der Waals surface area contributed by atoms with Crippen molar-refractivity contribution in [2.24, 2.45) is 0 Å². The minimum atomic E-state index is -0.909. The molecular weight excluding hydrogens is 346 g/mol. The van der Waals surface area contributed by atoms with E-state index in [9.17, 15) is 9.90 Å². The summed E-state index contributed by atoms with van der Waals surface area (Å²) in [6.45, 7) is 5.83. The Morgan fingerprint density at radius 2 is 0.893 bits per heavy atom. The normalized spacial score (nSPS) is 11.2. The molecule has 0 amide bonds. The summed E-state index contributed by atoms with van der Waals surface area (Å²) in [6, 6.07) is 0. The molecular formula is C25H53NO2. The lowest BCUT2D eigenvalue weighted by Crippen LogP contribution is -2.35. The minimum absolute atomic E-state index is 0.232. The molecule has 3 nitrogen and oxygen atoms in total. The van der Waals surface area contributed by atoms with E-state index in [1.807, 2.05) is 0 Å². The van der Waals surface area contributed by atoms with Crippen LogP contribution in [0.15, 0.2) is 0 Å². The average Bonchev–Trinajstić information content (AvgIpc) is 2.62. The van der Waals surface area contributed by atoms with E-state index in [0.717, 1.165) is 17.3 Å². The van der Waals surface area contributed by atoms with Gasteiger partial charge < -0.3 is 14.4 Å². The first-order valence-electron chi connectivity index (χ1n) is 12.3. The zero-order chi connectivity index (χ0) is 21.5. The fraction of sp³-hybridized carbons (Fsp3) is 0.960. The molecule has 0 aromatic carbocycles. The fourth-order valence-electron chi connectivity index (χ4n) is 3.30. The van der Waals surface area contributed by atoms with E-state index >= 15 is 0 Å². The number of aliphatic carboxylic acids is 1. The molecule has 0 aromatic heterocycles. The van der Waals surface area contributed by atoms with Crippen LogP contribution < -0.4 is 5.11 Å². The van der Waals surface area contributed by atoms with Crippen LogP contribution in [-0.2, 0) is 4.79 Å². The van der Waals surface area contributed by atoms with Crippen LogP contribution in [0.25, 0.3) is 0 Å². The second kappa shape index (κ2) is 22.7. The minimum Gasteiger partial charge on any atom is -0.550 e. The highest BCUT2D eigenvalue weighted by Gasteiger charge is 2.04. The molecule has 0 unspecified atom stereocenters. The van der Waals surface area contributed by atoms with Gasteiger partial charge in [-0.05, 0) is 25.7 Å². The lowest BCUT2D eigenvalue weighted by molar-refractivity contribution is -0.870. The lowest BCUT2D eigenvalue weighted by atomic mass is 10.1. The monoisotopic (exact) mass is 399 g/mol. The van der Waals surface area contributed by atoms with Gasteiger partial charge in [-0.2, -0.15) is 0 Å². The van der Waals surface area contributed by atoms with Gasteiger partial charge in [0, 0.05) is 5.97 Å². The van der Waals surface area contributed by atoms with E-state index in [4.69, 9.17) is 0 Å². The average molecular weight is 400 g/mol. The summed E-state index contributed by atoms with van der Waals surface area (Å²) in [7, 11) is 6.84. The largest absolute Gasteiger partial charge is 0.550 e. The Morgan fingerprint density at radius 3 is 1.21 bits per heavy atom. The van der Waals surface area contributed by atoms with Crippen molar-refractivity contribution < 1.29 is 14.4 Å². The lowest BCUT2D eigenvalue weighted by Gasteiger charge is -2.23. The molecule has 0 saturated carbocycles. The SMILES string of the molecule is CCCCCCCCCCCC(=O)[O-].CCCCCCCCCC[N+](C)(C)C. The first-order valence-corrected chi connectivity index (χ1v) is 12.3. The van der Waals surface area contributed by atoms with Crippen molar-refractivity contribution in [1.29, 1.82) is 0 Å². The zero-order valence-electron chi connectivity index (χ0n) is 20.2. The predicted molar refractivity (Wildman–Crippen MR) is 122 cm³/mol. The molecule has 0 aliphatic carbocycles. The third-order valence-corrected chi connectivity index (χ3v) is 5.17. The van der Waals surface area contributed by atoms with Crippen LogP contribution in [0.5, 0.6) is 0 Å². The molecule has 0 rings (SSSR count). The summed E-state index contributed by atoms with van der Waals surface area (Å²) in [6.07, 6.45) is 22.6. The fourth-order valence-corrected chi connectivity index (χ4v) is 3.30. The highest BCUT2D eigenvalue weighted by molar-refractivity contribution is 5.63. The molecule has 0 spiro atoms. The van der Waals surface area contributed by atoms with Gasteiger partial charge in [-0.1, -0.05) is 104 Å². The number of unbranched alkanes of at least 4 members (excludes halogenated alkanes) is 15. The first-order chi connectivity index (χ1) is 13.3. The van der Waals surface area contributed by atoms with Crippen molar-refractivity contribution in [1.82, 2.24) is 0 Å². The maximum atomic E-state index is 10.1. The molecule has 28 heavy (non-hydrogen) atoms. The Labute approximate surface area is 177 Å². The quantitative estimate of drug-likeness (QED) is 0.184. The van der Waals surface area contributed by atoms with Crippen molar-refractivity contribution in [3.05, 3.63) is 0 Å². The molecule has 0 bridgehead atoms. The van der Waals surface area contributed by atoms with Gasteiger partial charge in [0.2, 0.25) is 0 Å². The summed E-state index contributed by atoms with van der Waals surface area (Å²) < 4.78 is 1.12. The van der Waals surface area contributed by atoms with Crippen molar-refractivity contribution in [2.45, 2.75) is 129 Å². The number of hydrogen-bond acceptors (Lipinski definition) is 2. The second-order valence-corrected chi connectivity index (χ2v) is 9.44. The van der Waals surface area contributed by atoms with Crippen molar-refractivity contribution in [3.63, 3.8) is 0 Å². The maximum Gasteiger partial charge on any atom is 0.0780 e. The second-order valence-electron chi connectivity index (χ2n) is 9.44. The van der Waals surface area contributed by atoms with E-state index in [0.29, 0.717) is 0 Å². The van der Waals surface area contributed by atoms with Gasteiger partial charge in [-0.15, -0.1) is 0 Å². The van der Waals surface area contributed by atoms with Gasteiger partial charge in [0.05, 0.1) is 27.7 Å². The smallest absolute Gasteiger partial charge is 0.0780 e. The van der Waals surface area contributed by atoms with Crippen molar-refractivity contribution >= 4 is 5.97 Å². The molecule has 0 heterocycles. The molecule has 170 valence electrons. The van der Waals surface area contributed by atoms with Gasteiger partial charge in [-0.25, -0.2) is 0 Å². The third-order valence-electron chi connectivity index (χ3n) is 5.17. The van der Waals surface area contributed by atoms with Crippen LogP contribution in [0.2, 0.25) is 0 Å². The molecule has 0 fully saturated rings. The Bertz CT molecular complexity index is 310. The van der Waals surface area contributed by atoms with Crippen LogP contribution in [0, 0.1) is 0 Å². The Balaban J connectivity index is 0. The summed E-state index contributed by atoms with van der Waals surface area (Å²) in [5.74, 6) is -0.909. The van der Waals surface area contributed by atoms with Gasteiger partial charge in [-0.3, -0.25) is 0 Å². The van der Waals surface area contributed by atoms with Crippen LogP contribution in [-0.4, -0.2) is 38.1 Å². The van der Waals surface area contributed by atoms with E-state index < -0.39 is 5.97 Å². The summed E-state index contributed by atoms with van der Waals surface area (Å²) in [5.41, 5.74) is 0. The number of carbonyl (C=O) groups is 1. The molecule has 0 radical (unpaired) electrons. The number of nitrogens with zero attached hydrogens (tertiary/aromatic N) is 1. The summed E-state index contributed by atoms with van der Waals surface area (Å²) in [5, 5.41) is 10.1. The molecule has 0 aliphatic rings. The van der Waals surface area contributed by atoms with Gasteiger partial charge in [0.15, 0.2) is 0 Å². The van der Waals surface area contributed by atoms with Crippen LogP contribution in [0.1, 0.15) is 129 Å². The maximum absolute atomic E-state index is 10.1. The van der Waals surface area contributed by atoms with Crippen LogP contribution in [0.3, 0.4) is 0 Å². The topological polar surface area (TPSA) is 40.1 Å². The number of rotatable bonds is 19. The van der Waals surface area contributed by atoms with Gasteiger partial charge in [0.25, 0.3) is 0 Å². The molecule has 0 aliphatic heterocycles. The number of carboxylic acid groups (broad SMARTS) is 1. The first kappa shape index (κ1) is 29.6. The van der Waals surface area contributed by atoms with Gasteiger partial charge >= 0.3 is 0 Å². The number of quaternary nitrogens is 1. The van der Waals surface area contributed by atoms with Crippen LogP contribution >= 0.6 is 0 Å². The highest BCUT2D eigenvalue weighted by Crippen LogP contribution is 2.10.